The van der Waals surface area contributed by atoms with Gasteiger partial charge in [-0.2, -0.15) is 4.39 Å². The molecule has 0 aliphatic carbocycles. The van der Waals surface area contributed by atoms with Crippen LogP contribution in [0.2, 0.25) is 0 Å². The summed E-state index contributed by atoms with van der Waals surface area (Å²) in [5.41, 5.74) is -1.01. The van der Waals surface area contributed by atoms with E-state index in [0.717, 1.165) is 25.3 Å². The van der Waals surface area contributed by atoms with Crippen LogP contribution in [-0.4, -0.2) is 41.7 Å². The van der Waals surface area contributed by atoms with Gasteiger partial charge in [-0.15, -0.1) is 0 Å². The number of aliphatic hydroxyl groups excluding tert-OH is 1. The topological polar surface area (TPSA) is 119 Å². The minimum absolute atomic E-state index is 0.171. The fraction of sp³-hybridized carbons (Fsp3) is 0.273. The molecule has 0 fully saturated rings. The van der Waals surface area contributed by atoms with Crippen LogP contribution in [0.4, 0.5) is 10.1 Å². The Kier molecular flexibility index (Phi) is 5.09. The lowest BCUT2D eigenvalue weighted by Gasteiger charge is -2.09. The zero-order chi connectivity index (χ0) is 15.3. The van der Waals surface area contributed by atoms with Gasteiger partial charge in [-0.3, -0.25) is 14.9 Å². The van der Waals surface area contributed by atoms with Gasteiger partial charge in [0, 0.05) is 11.6 Å². The SMILES string of the molecule is COC(=O)C(O)CNC(=O)c1ccc(F)c([N+](=O)[O-])c1. The summed E-state index contributed by atoms with van der Waals surface area (Å²) >= 11 is 0. The molecule has 0 saturated heterocycles. The number of nitro benzene ring substituents is 1. The van der Waals surface area contributed by atoms with E-state index in [1.54, 1.807) is 0 Å². The molecule has 2 N–H and O–H groups in total. The van der Waals surface area contributed by atoms with Crippen molar-refractivity contribution in [3.05, 3.63) is 39.7 Å². The summed E-state index contributed by atoms with van der Waals surface area (Å²) in [6.45, 7) is -0.434. The molecule has 9 heteroatoms. The highest BCUT2D eigenvalue weighted by molar-refractivity contribution is 5.95. The van der Waals surface area contributed by atoms with E-state index in [2.05, 4.69) is 10.1 Å². The van der Waals surface area contributed by atoms with E-state index >= 15 is 0 Å². The number of benzene rings is 1. The second-order valence-corrected chi connectivity index (χ2v) is 3.67. The summed E-state index contributed by atoms with van der Waals surface area (Å²) in [5.74, 6) is -2.80. The molecule has 1 aromatic rings. The number of hydrogen-bond acceptors (Lipinski definition) is 6. The van der Waals surface area contributed by atoms with Gasteiger partial charge in [0.25, 0.3) is 5.91 Å². The zero-order valence-corrected chi connectivity index (χ0v) is 10.3. The number of amides is 1. The molecule has 20 heavy (non-hydrogen) atoms. The predicted molar refractivity (Wildman–Crippen MR) is 63.4 cm³/mol. The van der Waals surface area contributed by atoms with Crippen molar-refractivity contribution >= 4 is 17.6 Å². The molecule has 0 aliphatic heterocycles. The monoisotopic (exact) mass is 286 g/mol. The Bertz CT molecular complexity index is 548. The van der Waals surface area contributed by atoms with Crippen LogP contribution < -0.4 is 5.32 Å². The number of methoxy groups -OCH3 is 1. The number of carbonyl (C=O) groups is 2. The van der Waals surface area contributed by atoms with Crippen molar-refractivity contribution in [2.24, 2.45) is 0 Å². The first-order valence-electron chi connectivity index (χ1n) is 5.35. The number of nitro groups is 1. The van der Waals surface area contributed by atoms with Gasteiger partial charge < -0.3 is 15.2 Å². The van der Waals surface area contributed by atoms with Crippen LogP contribution in [0.5, 0.6) is 0 Å². The van der Waals surface area contributed by atoms with Gasteiger partial charge in [-0.05, 0) is 12.1 Å². The molecule has 0 aromatic heterocycles. The highest BCUT2D eigenvalue weighted by Gasteiger charge is 2.20. The van der Waals surface area contributed by atoms with Crippen LogP contribution in [-0.2, 0) is 9.53 Å². The quantitative estimate of drug-likeness (QED) is 0.446. The van der Waals surface area contributed by atoms with Gasteiger partial charge in [0.1, 0.15) is 0 Å². The van der Waals surface area contributed by atoms with E-state index in [-0.39, 0.29) is 5.56 Å². The molecule has 0 heterocycles. The van der Waals surface area contributed by atoms with E-state index in [1.165, 1.54) is 0 Å². The van der Waals surface area contributed by atoms with Crippen LogP contribution in [0.15, 0.2) is 18.2 Å². The third-order valence-corrected chi connectivity index (χ3v) is 2.33. The van der Waals surface area contributed by atoms with Crippen molar-refractivity contribution < 1.29 is 28.7 Å². The second kappa shape index (κ2) is 6.57. The van der Waals surface area contributed by atoms with Crippen molar-refractivity contribution in [3.63, 3.8) is 0 Å². The lowest BCUT2D eigenvalue weighted by molar-refractivity contribution is -0.387. The molecular formula is C11H11FN2O6. The zero-order valence-electron chi connectivity index (χ0n) is 10.3. The number of hydrogen-bond donors (Lipinski definition) is 2. The van der Waals surface area contributed by atoms with E-state index in [1.807, 2.05) is 0 Å². The molecule has 1 atom stereocenters. The number of esters is 1. The lowest BCUT2D eigenvalue weighted by atomic mass is 10.2. The Labute approximate surface area is 112 Å². The fourth-order valence-corrected chi connectivity index (χ4v) is 1.30. The Morgan fingerprint density at radius 1 is 1.55 bits per heavy atom. The number of nitrogens with one attached hydrogen (secondary N) is 1. The first-order chi connectivity index (χ1) is 9.36. The summed E-state index contributed by atoms with van der Waals surface area (Å²) in [5, 5.41) is 21.9. The third kappa shape index (κ3) is 3.72. The molecule has 1 rings (SSSR count). The molecule has 0 saturated carbocycles. The Hall–Kier alpha value is -2.55. The van der Waals surface area contributed by atoms with E-state index in [9.17, 15) is 29.2 Å². The van der Waals surface area contributed by atoms with Gasteiger partial charge in [-0.25, -0.2) is 4.79 Å². The first-order valence-corrected chi connectivity index (χ1v) is 5.35. The summed E-state index contributed by atoms with van der Waals surface area (Å²) in [7, 11) is 1.07. The third-order valence-electron chi connectivity index (χ3n) is 2.33. The van der Waals surface area contributed by atoms with Crippen molar-refractivity contribution in [1.29, 1.82) is 0 Å². The normalized spacial score (nSPS) is 11.6. The fourth-order valence-electron chi connectivity index (χ4n) is 1.30. The highest BCUT2D eigenvalue weighted by atomic mass is 19.1. The summed E-state index contributed by atoms with van der Waals surface area (Å²) < 4.78 is 17.3. The minimum Gasteiger partial charge on any atom is -0.467 e. The molecule has 1 aromatic carbocycles. The molecule has 0 aliphatic rings. The molecule has 0 radical (unpaired) electrons. The number of ether oxygens (including phenoxy) is 1. The Morgan fingerprint density at radius 2 is 2.20 bits per heavy atom. The first kappa shape index (κ1) is 15.5. The molecular weight excluding hydrogens is 275 g/mol. The highest BCUT2D eigenvalue weighted by Crippen LogP contribution is 2.18. The lowest BCUT2D eigenvalue weighted by Crippen LogP contribution is -2.37. The number of nitrogens with zero attached hydrogens (tertiary/aromatic N) is 1. The summed E-state index contributed by atoms with van der Waals surface area (Å²) in [4.78, 5) is 32.1. The Morgan fingerprint density at radius 3 is 2.75 bits per heavy atom. The minimum atomic E-state index is -1.56. The molecule has 1 amide bonds. The van der Waals surface area contributed by atoms with E-state index < -0.39 is 41.0 Å². The van der Waals surface area contributed by atoms with E-state index in [4.69, 9.17) is 0 Å². The molecule has 8 nitrogen and oxygen atoms in total. The number of rotatable bonds is 5. The standard InChI is InChI=1S/C11H11FN2O6/c1-20-11(17)9(15)5-13-10(16)6-2-3-7(12)8(4-6)14(18)19/h2-4,9,15H,5H2,1H3,(H,13,16). The molecule has 0 bridgehead atoms. The van der Waals surface area contributed by atoms with Gasteiger partial charge >= 0.3 is 11.7 Å². The van der Waals surface area contributed by atoms with Gasteiger partial charge in [0.15, 0.2) is 6.10 Å². The molecule has 1 unspecified atom stereocenters. The maximum Gasteiger partial charge on any atom is 0.336 e. The van der Waals surface area contributed by atoms with Crippen molar-refractivity contribution in [2.45, 2.75) is 6.10 Å². The van der Waals surface area contributed by atoms with Crippen molar-refractivity contribution in [1.82, 2.24) is 5.32 Å². The predicted octanol–water partition coefficient (Wildman–Crippen LogP) is -0.00240. The van der Waals surface area contributed by atoms with Gasteiger partial charge in [-0.1, -0.05) is 0 Å². The average Bonchev–Trinajstić information content (AvgIpc) is 2.43. The number of aliphatic hydroxyl groups is 1. The molecule has 0 spiro atoms. The number of carbonyl (C=O) groups excluding carboxylic acids is 2. The smallest absolute Gasteiger partial charge is 0.336 e. The van der Waals surface area contributed by atoms with Crippen LogP contribution >= 0.6 is 0 Å². The van der Waals surface area contributed by atoms with Crippen molar-refractivity contribution in [2.75, 3.05) is 13.7 Å². The van der Waals surface area contributed by atoms with Crippen LogP contribution in [0.1, 0.15) is 10.4 Å². The molecule has 108 valence electrons. The number of halogens is 1. The van der Waals surface area contributed by atoms with Gasteiger partial charge in [0.2, 0.25) is 5.82 Å². The van der Waals surface area contributed by atoms with Crippen molar-refractivity contribution in [3.8, 4) is 0 Å². The van der Waals surface area contributed by atoms with Crippen LogP contribution in [0.25, 0.3) is 0 Å². The van der Waals surface area contributed by atoms with Crippen LogP contribution in [0, 0.1) is 15.9 Å². The largest absolute Gasteiger partial charge is 0.467 e. The van der Waals surface area contributed by atoms with Crippen LogP contribution in [0.3, 0.4) is 0 Å². The maximum atomic E-state index is 13.1. The maximum absolute atomic E-state index is 13.1. The van der Waals surface area contributed by atoms with E-state index in [0.29, 0.717) is 0 Å². The average molecular weight is 286 g/mol. The Balaban J connectivity index is 2.76. The van der Waals surface area contributed by atoms with Gasteiger partial charge in [0.05, 0.1) is 18.6 Å². The summed E-state index contributed by atoms with van der Waals surface area (Å²) in [6, 6.07) is 2.58. The second-order valence-electron chi connectivity index (χ2n) is 3.67. The summed E-state index contributed by atoms with van der Waals surface area (Å²) in [6.07, 6.45) is -1.56.